The Morgan fingerprint density at radius 2 is 1.72 bits per heavy atom. The lowest BCUT2D eigenvalue weighted by Gasteiger charge is -2.15. The third-order valence-electron chi connectivity index (χ3n) is 4.04. The molecule has 2 amide bonds. The van der Waals surface area contributed by atoms with Gasteiger partial charge in [-0.15, -0.1) is 0 Å². The van der Waals surface area contributed by atoms with E-state index >= 15 is 0 Å². The largest absolute Gasteiger partial charge is 0.456 e. The standard InChI is InChI=1S/C21H22Cl2N2O4/c1-14(16-7-8-17(22)18(23)12-16)25-20(27)13-29-21(28)9-10-24-19(26)11-15-5-3-2-4-6-15/h2-8,12,14H,9-11,13H2,1H3,(H,24,26)(H,25,27). The molecule has 1 unspecified atom stereocenters. The minimum atomic E-state index is -0.567. The Morgan fingerprint density at radius 1 is 1.00 bits per heavy atom. The summed E-state index contributed by atoms with van der Waals surface area (Å²) in [7, 11) is 0. The van der Waals surface area contributed by atoms with Gasteiger partial charge in [-0.25, -0.2) is 0 Å². The van der Waals surface area contributed by atoms with E-state index in [0.29, 0.717) is 10.0 Å². The number of benzene rings is 2. The predicted molar refractivity (Wildman–Crippen MR) is 112 cm³/mol. The number of nitrogens with one attached hydrogen (secondary N) is 2. The van der Waals surface area contributed by atoms with Crippen molar-refractivity contribution in [3.05, 3.63) is 69.7 Å². The summed E-state index contributed by atoms with van der Waals surface area (Å²) in [5.41, 5.74) is 1.67. The van der Waals surface area contributed by atoms with Gasteiger partial charge in [0.15, 0.2) is 6.61 Å². The van der Waals surface area contributed by atoms with E-state index in [1.54, 1.807) is 25.1 Å². The fourth-order valence-electron chi connectivity index (χ4n) is 2.51. The number of hydrogen-bond acceptors (Lipinski definition) is 4. The van der Waals surface area contributed by atoms with Crippen molar-refractivity contribution in [3.63, 3.8) is 0 Å². The Balaban J connectivity index is 1.64. The van der Waals surface area contributed by atoms with Gasteiger partial charge in [-0.3, -0.25) is 14.4 Å². The lowest BCUT2D eigenvalue weighted by molar-refractivity contribution is -0.148. The van der Waals surface area contributed by atoms with E-state index < -0.39 is 18.5 Å². The van der Waals surface area contributed by atoms with Crippen LogP contribution in [-0.2, 0) is 25.5 Å². The maximum absolute atomic E-state index is 12.0. The number of amides is 2. The molecule has 0 fully saturated rings. The van der Waals surface area contributed by atoms with E-state index in [2.05, 4.69) is 10.6 Å². The summed E-state index contributed by atoms with van der Waals surface area (Å²) in [6.07, 6.45) is 0.223. The van der Waals surface area contributed by atoms with Crippen LogP contribution in [0.3, 0.4) is 0 Å². The van der Waals surface area contributed by atoms with Gasteiger partial charge in [-0.1, -0.05) is 59.6 Å². The van der Waals surface area contributed by atoms with Crippen LogP contribution >= 0.6 is 23.2 Å². The minimum Gasteiger partial charge on any atom is -0.456 e. The van der Waals surface area contributed by atoms with Gasteiger partial charge in [0.25, 0.3) is 5.91 Å². The first-order chi connectivity index (χ1) is 13.8. The Morgan fingerprint density at radius 3 is 2.41 bits per heavy atom. The average Bonchev–Trinajstić information content (AvgIpc) is 2.69. The second-order valence-electron chi connectivity index (χ2n) is 6.39. The first kappa shape index (κ1) is 22.7. The summed E-state index contributed by atoms with van der Waals surface area (Å²) in [5.74, 6) is -1.19. The van der Waals surface area contributed by atoms with E-state index in [0.717, 1.165) is 11.1 Å². The molecule has 2 aromatic rings. The van der Waals surface area contributed by atoms with E-state index in [4.69, 9.17) is 27.9 Å². The zero-order valence-electron chi connectivity index (χ0n) is 15.9. The maximum Gasteiger partial charge on any atom is 0.308 e. The maximum atomic E-state index is 12.0. The van der Waals surface area contributed by atoms with Gasteiger partial charge in [0.2, 0.25) is 5.91 Å². The summed E-state index contributed by atoms with van der Waals surface area (Å²) in [6.45, 7) is 1.52. The number of carbonyl (C=O) groups is 3. The summed E-state index contributed by atoms with van der Waals surface area (Å²) < 4.78 is 4.93. The molecule has 8 heteroatoms. The molecule has 0 aliphatic heterocycles. The van der Waals surface area contributed by atoms with Crippen molar-refractivity contribution >= 4 is 41.0 Å². The molecule has 0 saturated carbocycles. The molecular weight excluding hydrogens is 415 g/mol. The van der Waals surface area contributed by atoms with Crippen LogP contribution in [0.15, 0.2) is 48.5 Å². The van der Waals surface area contributed by atoms with Gasteiger partial charge in [-0.2, -0.15) is 0 Å². The highest BCUT2D eigenvalue weighted by atomic mass is 35.5. The number of rotatable bonds is 9. The topological polar surface area (TPSA) is 84.5 Å². The molecule has 0 aromatic heterocycles. The molecule has 2 rings (SSSR count). The molecule has 0 bridgehead atoms. The van der Waals surface area contributed by atoms with Gasteiger partial charge in [0.1, 0.15) is 0 Å². The van der Waals surface area contributed by atoms with Crippen molar-refractivity contribution in [1.29, 1.82) is 0 Å². The fourth-order valence-corrected chi connectivity index (χ4v) is 2.82. The van der Waals surface area contributed by atoms with Crippen LogP contribution < -0.4 is 10.6 Å². The van der Waals surface area contributed by atoms with Crippen LogP contribution in [0.4, 0.5) is 0 Å². The molecule has 1 atom stereocenters. The number of carbonyl (C=O) groups excluding carboxylic acids is 3. The molecule has 0 aliphatic rings. The first-order valence-electron chi connectivity index (χ1n) is 9.05. The zero-order chi connectivity index (χ0) is 21.2. The van der Waals surface area contributed by atoms with Gasteiger partial charge in [0, 0.05) is 6.54 Å². The van der Waals surface area contributed by atoms with Crippen molar-refractivity contribution in [1.82, 2.24) is 10.6 Å². The molecule has 0 saturated heterocycles. The van der Waals surface area contributed by atoms with Crippen molar-refractivity contribution in [2.75, 3.05) is 13.2 Å². The van der Waals surface area contributed by atoms with Gasteiger partial charge in [0.05, 0.1) is 28.9 Å². The van der Waals surface area contributed by atoms with Crippen molar-refractivity contribution in [3.8, 4) is 0 Å². The van der Waals surface area contributed by atoms with Crippen LogP contribution in [-0.4, -0.2) is 30.9 Å². The van der Waals surface area contributed by atoms with E-state index in [-0.39, 0.29) is 31.3 Å². The summed E-state index contributed by atoms with van der Waals surface area (Å²) >= 11 is 11.8. The minimum absolute atomic E-state index is 0.0177. The molecule has 0 spiro atoms. The highest BCUT2D eigenvalue weighted by Gasteiger charge is 2.13. The second-order valence-corrected chi connectivity index (χ2v) is 7.20. The monoisotopic (exact) mass is 436 g/mol. The Bertz CT molecular complexity index is 859. The zero-order valence-corrected chi connectivity index (χ0v) is 17.4. The average molecular weight is 437 g/mol. The van der Waals surface area contributed by atoms with Crippen molar-refractivity contribution < 1.29 is 19.1 Å². The third kappa shape index (κ3) is 8.13. The molecule has 0 heterocycles. The van der Waals surface area contributed by atoms with Crippen LogP contribution in [0.1, 0.15) is 30.5 Å². The second kappa shape index (κ2) is 11.4. The quantitative estimate of drug-likeness (QED) is 0.589. The normalized spacial score (nSPS) is 11.4. The predicted octanol–water partition coefficient (Wildman–Crippen LogP) is 3.46. The highest BCUT2D eigenvalue weighted by molar-refractivity contribution is 6.42. The summed E-state index contributed by atoms with van der Waals surface area (Å²) in [6, 6.07) is 14.0. The van der Waals surface area contributed by atoms with Gasteiger partial charge in [-0.05, 0) is 30.2 Å². The van der Waals surface area contributed by atoms with Crippen molar-refractivity contribution in [2.24, 2.45) is 0 Å². The first-order valence-corrected chi connectivity index (χ1v) is 9.81. The molecule has 2 N–H and O–H groups in total. The number of hydrogen-bond donors (Lipinski definition) is 2. The van der Waals surface area contributed by atoms with Crippen molar-refractivity contribution in [2.45, 2.75) is 25.8 Å². The Hall–Kier alpha value is -2.57. The Kier molecular flexibility index (Phi) is 8.96. The smallest absolute Gasteiger partial charge is 0.308 e. The molecular formula is C21H22Cl2N2O4. The molecule has 0 radical (unpaired) electrons. The van der Waals surface area contributed by atoms with Gasteiger partial charge >= 0.3 is 5.97 Å². The van der Waals surface area contributed by atoms with E-state index in [1.165, 1.54) is 0 Å². The third-order valence-corrected chi connectivity index (χ3v) is 4.78. The highest BCUT2D eigenvalue weighted by Crippen LogP contribution is 2.25. The lowest BCUT2D eigenvalue weighted by Crippen LogP contribution is -2.32. The number of halogens is 2. The molecule has 0 aliphatic carbocycles. The van der Waals surface area contributed by atoms with Crippen LogP contribution in [0.25, 0.3) is 0 Å². The lowest BCUT2D eigenvalue weighted by atomic mass is 10.1. The fraction of sp³-hybridized carbons (Fsp3) is 0.286. The van der Waals surface area contributed by atoms with E-state index in [1.807, 2.05) is 30.3 Å². The van der Waals surface area contributed by atoms with Crippen LogP contribution in [0, 0.1) is 0 Å². The molecule has 2 aromatic carbocycles. The molecule has 154 valence electrons. The Labute approximate surface area is 179 Å². The number of ether oxygens (including phenoxy) is 1. The summed E-state index contributed by atoms with van der Waals surface area (Å²) in [4.78, 5) is 35.5. The van der Waals surface area contributed by atoms with Crippen LogP contribution in [0.5, 0.6) is 0 Å². The SMILES string of the molecule is CC(NC(=O)COC(=O)CCNC(=O)Cc1ccccc1)c1ccc(Cl)c(Cl)c1. The van der Waals surface area contributed by atoms with Crippen LogP contribution in [0.2, 0.25) is 10.0 Å². The summed E-state index contributed by atoms with van der Waals surface area (Å²) in [5, 5.41) is 6.19. The number of esters is 1. The molecule has 6 nitrogen and oxygen atoms in total. The van der Waals surface area contributed by atoms with E-state index in [9.17, 15) is 14.4 Å². The molecule has 29 heavy (non-hydrogen) atoms. The van der Waals surface area contributed by atoms with Gasteiger partial charge < -0.3 is 15.4 Å².